The second-order valence-corrected chi connectivity index (χ2v) is 4.44. The van der Waals surface area contributed by atoms with E-state index in [1.807, 2.05) is 20.8 Å². The summed E-state index contributed by atoms with van der Waals surface area (Å²) in [6, 6.07) is -0.562. The van der Waals surface area contributed by atoms with E-state index in [9.17, 15) is 4.79 Å². The van der Waals surface area contributed by atoms with E-state index in [4.69, 9.17) is 15.2 Å². The molecule has 1 heterocycles. The molecule has 1 aliphatic rings. The Labute approximate surface area is 78.4 Å². The minimum atomic E-state index is -0.562. The van der Waals surface area contributed by atoms with E-state index in [0.29, 0.717) is 13.2 Å². The lowest BCUT2D eigenvalue weighted by Crippen LogP contribution is -2.47. The maximum absolute atomic E-state index is 11.4. The highest BCUT2D eigenvalue weighted by molar-refractivity contribution is 5.76. The molecular formula is C9H17NO3. The van der Waals surface area contributed by atoms with Crippen molar-refractivity contribution in [2.45, 2.75) is 32.9 Å². The van der Waals surface area contributed by atoms with Crippen molar-refractivity contribution in [1.29, 1.82) is 0 Å². The Hall–Kier alpha value is -0.610. The number of rotatable bonds is 2. The largest absolute Gasteiger partial charge is 0.456 e. The number of ether oxygens (including phenoxy) is 2. The molecule has 2 N–H and O–H groups in total. The third-order valence-electron chi connectivity index (χ3n) is 2.08. The van der Waals surface area contributed by atoms with Gasteiger partial charge in [-0.2, -0.15) is 0 Å². The summed E-state index contributed by atoms with van der Waals surface area (Å²) in [6.07, 6.45) is -0.0825. The normalized spacial score (nSPS) is 20.6. The average Bonchev–Trinajstić information content (AvgIpc) is 1.93. The fraction of sp³-hybridized carbons (Fsp3) is 0.889. The fourth-order valence-corrected chi connectivity index (χ4v) is 0.873. The first-order chi connectivity index (χ1) is 5.91. The molecule has 0 saturated carbocycles. The minimum Gasteiger partial charge on any atom is -0.456 e. The molecule has 0 aromatic heterocycles. The first-order valence-electron chi connectivity index (χ1n) is 4.45. The topological polar surface area (TPSA) is 61.6 Å². The van der Waals surface area contributed by atoms with Crippen molar-refractivity contribution >= 4 is 5.97 Å². The van der Waals surface area contributed by atoms with Crippen LogP contribution >= 0.6 is 0 Å². The molecule has 1 fully saturated rings. The van der Waals surface area contributed by atoms with Gasteiger partial charge < -0.3 is 15.2 Å². The number of hydrogen-bond donors (Lipinski definition) is 1. The molecule has 4 heteroatoms. The lowest BCUT2D eigenvalue weighted by atomic mass is 9.87. The quantitative estimate of drug-likeness (QED) is 0.632. The van der Waals surface area contributed by atoms with Crippen LogP contribution in [0.25, 0.3) is 0 Å². The van der Waals surface area contributed by atoms with Gasteiger partial charge in [-0.25, -0.2) is 0 Å². The molecule has 13 heavy (non-hydrogen) atoms. The summed E-state index contributed by atoms with van der Waals surface area (Å²) in [5.74, 6) is -0.333. The second-order valence-electron chi connectivity index (χ2n) is 4.44. The summed E-state index contributed by atoms with van der Waals surface area (Å²) in [5.41, 5.74) is 5.46. The van der Waals surface area contributed by atoms with Crippen LogP contribution in [0.5, 0.6) is 0 Å². The molecule has 76 valence electrons. The summed E-state index contributed by atoms with van der Waals surface area (Å²) in [6.45, 7) is 6.74. The van der Waals surface area contributed by atoms with Gasteiger partial charge in [0.2, 0.25) is 0 Å². The Morgan fingerprint density at radius 1 is 1.54 bits per heavy atom. The van der Waals surface area contributed by atoms with Gasteiger partial charge in [-0.15, -0.1) is 0 Å². The van der Waals surface area contributed by atoms with E-state index >= 15 is 0 Å². The summed E-state index contributed by atoms with van der Waals surface area (Å²) in [5, 5.41) is 0. The van der Waals surface area contributed by atoms with Gasteiger partial charge in [0.15, 0.2) is 0 Å². The summed E-state index contributed by atoms with van der Waals surface area (Å²) in [4.78, 5) is 11.4. The zero-order chi connectivity index (χ0) is 10.1. The molecule has 0 unspecified atom stereocenters. The molecule has 1 atom stereocenters. The molecule has 0 radical (unpaired) electrons. The van der Waals surface area contributed by atoms with E-state index < -0.39 is 6.04 Å². The van der Waals surface area contributed by atoms with Crippen LogP contribution in [0.4, 0.5) is 0 Å². The molecule has 0 aliphatic carbocycles. The summed E-state index contributed by atoms with van der Waals surface area (Å²) < 4.78 is 9.97. The van der Waals surface area contributed by atoms with Crippen molar-refractivity contribution in [3.63, 3.8) is 0 Å². The molecule has 0 aromatic rings. The van der Waals surface area contributed by atoms with Gasteiger partial charge in [0, 0.05) is 0 Å². The van der Waals surface area contributed by atoms with Crippen LogP contribution in [-0.2, 0) is 14.3 Å². The maximum Gasteiger partial charge on any atom is 0.323 e. The summed E-state index contributed by atoms with van der Waals surface area (Å²) >= 11 is 0. The van der Waals surface area contributed by atoms with Crippen molar-refractivity contribution in [3.8, 4) is 0 Å². The molecule has 1 saturated heterocycles. The van der Waals surface area contributed by atoms with E-state index in [1.54, 1.807) is 0 Å². The van der Waals surface area contributed by atoms with Crippen molar-refractivity contribution in [2.24, 2.45) is 11.1 Å². The molecule has 0 aromatic carbocycles. The van der Waals surface area contributed by atoms with E-state index in [-0.39, 0.29) is 17.5 Å². The lowest BCUT2D eigenvalue weighted by Gasteiger charge is -2.30. The Kier molecular flexibility index (Phi) is 2.93. The highest BCUT2D eigenvalue weighted by Gasteiger charge is 2.32. The second kappa shape index (κ2) is 3.64. The first kappa shape index (κ1) is 10.5. The van der Waals surface area contributed by atoms with Crippen LogP contribution in [0.1, 0.15) is 20.8 Å². The minimum absolute atomic E-state index is 0.0825. The smallest absolute Gasteiger partial charge is 0.323 e. The van der Waals surface area contributed by atoms with E-state index in [1.165, 1.54) is 0 Å². The predicted molar refractivity (Wildman–Crippen MR) is 48.1 cm³/mol. The lowest BCUT2D eigenvalue weighted by molar-refractivity contribution is -0.175. The Balaban J connectivity index is 2.37. The third-order valence-corrected chi connectivity index (χ3v) is 2.08. The van der Waals surface area contributed by atoms with Gasteiger partial charge in [-0.1, -0.05) is 20.8 Å². The molecule has 1 rings (SSSR count). The van der Waals surface area contributed by atoms with Crippen LogP contribution in [-0.4, -0.2) is 31.3 Å². The van der Waals surface area contributed by atoms with Gasteiger partial charge in [0.25, 0.3) is 0 Å². The number of carbonyl (C=O) groups excluding carboxylic acids is 1. The SMILES string of the molecule is CC(C)(C)[C@@H](N)C(=O)OC1COC1. The molecule has 1 aliphatic heterocycles. The first-order valence-corrected chi connectivity index (χ1v) is 4.45. The molecule has 0 amide bonds. The molecule has 0 bridgehead atoms. The highest BCUT2D eigenvalue weighted by Crippen LogP contribution is 2.19. The maximum atomic E-state index is 11.4. The molecule has 0 spiro atoms. The number of nitrogens with two attached hydrogens (primary N) is 1. The van der Waals surface area contributed by atoms with Crippen molar-refractivity contribution in [1.82, 2.24) is 0 Å². The Morgan fingerprint density at radius 2 is 2.08 bits per heavy atom. The zero-order valence-electron chi connectivity index (χ0n) is 8.37. The van der Waals surface area contributed by atoms with Crippen LogP contribution in [0.3, 0.4) is 0 Å². The van der Waals surface area contributed by atoms with Crippen molar-refractivity contribution in [3.05, 3.63) is 0 Å². The monoisotopic (exact) mass is 187 g/mol. The predicted octanol–water partition coefficient (Wildman–Crippen LogP) is 0.302. The van der Waals surface area contributed by atoms with Crippen molar-refractivity contribution < 1.29 is 14.3 Å². The molecular weight excluding hydrogens is 170 g/mol. The average molecular weight is 187 g/mol. The zero-order valence-corrected chi connectivity index (χ0v) is 8.37. The van der Waals surface area contributed by atoms with Gasteiger partial charge in [0.05, 0.1) is 13.2 Å². The van der Waals surface area contributed by atoms with Gasteiger partial charge in [-0.3, -0.25) is 4.79 Å². The third kappa shape index (κ3) is 2.67. The van der Waals surface area contributed by atoms with Crippen LogP contribution in [0.2, 0.25) is 0 Å². The Morgan fingerprint density at radius 3 is 2.38 bits per heavy atom. The van der Waals surface area contributed by atoms with Gasteiger partial charge in [-0.05, 0) is 5.41 Å². The number of hydrogen-bond acceptors (Lipinski definition) is 4. The van der Waals surface area contributed by atoms with Crippen molar-refractivity contribution in [2.75, 3.05) is 13.2 Å². The van der Waals surface area contributed by atoms with E-state index in [0.717, 1.165) is 0 Å². The van der Waals surface area contributed by atoms with Gasteiger partial charge >= 0.3 is 5.97 Å². The van der Waals surface area contributed by atoms with Crippen LogP contribution < -0.4 is 5.73 Å². The number of esters is 1. The summed E-state index contributed by atoms with van der Waals surface area (Å²) in [7, 11) is 0. The van der Waals surface area contributed by atoms with E-state index in [2.05, 4.69) is 0 Å². The highest BCUT2D eigenvalue weighted by atomic mass is 16.6. The number of carbonyl (C=O) groups is 1. The van der Waals surface area contributed by atoms with Gasteiger partial charge in [0.1, 0.15) is 12.1 Å². The molecule has 4 nitrogen and oxygen atoms in total. The van der Waals surface area contributed by atoms with Crippen LogP contribution in [0.15, 0.2) is 0 Å². The van der Waals surface area contributed by atoms with Crippen LogP contribution in [0, 0.1) is 5.41 Å². The standard InChI is InChI=1S/C9H17NO3/c1-9(2,3)7(10)8(11)13-6-4-12-5-6/h6-7H,4-5,10H2,1-3H3/t7-/m0/s1. The Bertz CT molecular complexity index is 194. The fourth-order valence-electron chi connectivity index (χ4n) is 0.873.